The lowest BCUT2D eigenvalue weighted by Gasteiger charge is -2.18. The number of amides is 1. The maximum absolute atomic E-state index is 12.9. The highest BCUT2D eigenvalue weighted by atomic mass is 16.4. The molecule has 0 unspecified atom stereocenters. The maximum atomic E-state index is 12.9. The van der Waals surface area contributed by atoms with E-state index in [9.17, 15) is 14.7 Å². The fraction of sp³-hybridized carbons (Fsp3) is 0.0476. The van der Waals surface area contributed by atoms with Crippen LogP contribution in [-0.2, 0) is 4.79 Å². The van der Waals surface area contributed by atoms with Crippen LogP contribution in [0, 0.1) is 0 Å². The van der Waals surface area contributed by atoms with E-state index in [-0.39, 0.29) is 11.5 Å². The highest BCUT2D eigenvalue weighted by Gasteiger charge is 2.23. The van der Waals surface area contributed by atoms with Crippen molar-refractivity contribution in [1.29, 1.82) is 0 Å². The standard InChI is InChI=1S/C21H17NO4/c23-18-13-16(11-12-17(18)21(25)26)22-20(24)19(14-7-3-1-4-8-14)15-9-5-2-6-10-15/h1-13,19,23H,(H,22,24)(H,25,26). The molecular weight excluding hydrogens is 330 g/mol. The van der Waals surface area contributed by atoms with Crippen LogP contribution in [0.1, 0.15) is 27.4 Å². The van der Waals surface area contributed by atoms with Crippen molar-refractivity contribution >= 4 is 17.6 Å². The smallest absolute Gasteiger partial charge is 0.339 e. The lowest BCUT2D eigenvalue weighted by atomic mass is 9.90. The van der Waals surface area contributed by atoms with Gasteiger partial charge < -0.3 is 15.5 Å². The van der Waals surface area contributed by atoms with E-state index in [1.54, 1.807) is 0 Å². The quantitative estimate of drug-likeness (QED) is 0.654. The van der Waals surface area contributed by atoms with Gasteiger partial charge in [-0.25, -0.2) is 4.79 Å². The average molecular weight is 347 g/mol. The SMILES string of the molecule is O=C(O)c1ccc(NC(=O)C(c2ccccc2)c2ccccc2)cc1O. The number of carboxylic acid groups (broad SMARTS) is 1. The summed E-state index contributed by atoms with van der Waals surface area (Å²) < 4.78 is 0. The van der Waals surface area contributed by atoms with E-state index in [4.69, 9.17) is 5.11 Å². The molecule has 0 fully saturated rings. The van der Waals surface area contributed by atoms with E-state index >= 15 is 0 Å². The summed E-state index contributed by atoms with van der Waals surface area (Å²) in [5.74, 6) is -2.43. The molecule has 1 amide bonds. The molecule has 0 saturated carbocycles. The summed E-state index contributed by atoms with van der Waals surface area (Å²) >= 11 is 0. The minimum Gasteiger partial charge on any atom is -0.507 e. The first-order chi connectivity index (χ1) is 12.6. The number of carbonyl (C=O) groups excluding carboxylic acids is 1. The highest BCUT2D eigenvalue weighted by Crippen LogP contribution is 2.28. The van der Waals surface area contributed by atoms with Crippen LogP contribution >= 0.6 is 0 Å². The van der Waals surface area contributed by atoms with Crippen LogP contribution in [0.2, 0.25) is 0 Å². The number of phenols is 1. The zero-order chi connectivity index (χ0) is 18.5. The molecule has 5 nitrogen and oxygen atoms in total. The molecule has 5 heteroatoms. The fourth-order valence-electron chi connectivity index (χ4n) is 2.79. The third-order valence-electron chi connectivity index (χ3n) is 4.02. The average Bonchev–Trinajstić information content (AvgIpc) is 2.63. The van der Waals surface area contributed by atoms with Gasteiger partial charge in [0.2, 0.25) is 5.91 Å². The maximum Gasteiger partial charge on any atom is 0.339 e. The van der Waals surface area contributed by atoms with Gasteiger partial charge in [-0.3, -0.25) is 4.79 Å². The molecule has 3 aromatic rings. The summed E-state index contributed by atoms with van der Waals surface area (Å²) in [5, 5.41) is 21.5. The van der Waals surface area contributed by atoms with Gasteiger partial charge in [0.25, 0.3) is 0 Å². The molecule has 0 aromatic heterocycles. The minimum atomic E-state index is -1.23. The summed E-state index contributed by atoms with van der Waals surface area (Å²) in [6, 6.07) is 22.7. The van der Waals surface area contributed by atoms with Crippen LogP contribution in [0.25, 0.3) is 0 Å². The van der Waals surface area contributed by atoms with Crippen molar-refractivity contribution in [1.82, 2.24) is 0 Å². The number of hydrogen-bond acceptors (Lipinski definition) is 3. The van der Waals surface area contributed by atoms with E-state index in [0.717, 1.165) is 11.1 Å². The summed E-state index contributed by atoms with van der Waals surface area (Å²) in [6.07, 6.45) is 0. The van der Waals surface area contributed by atoms with E-state index in [1.165, 1.54) is 18.2 Å². The van der Waals surface area contributed by atoms with Gasteiger partial charge in [0.1, 0.15) is 11.3 Å². The second-order valence-corrected chi connectivity index (χ2v) is 5.78. The largest absolute Gasteiger partial charge is 0.507 e. The second kappa shape index (κ2) is 7.53. The molecule has 0 saturated heterocycles. The molecule has 0 bridgehead atoms. The molecule has 130 valence electrons. The van der Waals surface area contributed by atoms with Crippen LogP contribution < -0.4 is 5.32 Å². The first kappa shape index (κ1) is 17.2. The molecule has 3 rings (SSSR count). The summed E-state index contributed by atoms with van der Waals surface area (Å²) in [7, 11) is 0. The molecule has 3 N–H and O–H groups in total. The number of carboxylic acids is 1. The van der Waals surface area contributed by atoms with Crippen molar-refractivity contribution in [2.45, 2.75) is 5.92 Å². The first-order valence-electron chi connectivity index (χ1n) is 8.03. The van der Waals surface area contributed by atoms with Crippen molar-refractivity contribution in [2.24, 2.45) is 0 Å². The lowest BCUT2D eigenvalue weighted by molar-refractivity contribution is -0.116. The number of hydrogen-bond donors (Lipinski definition) is 3. The number of carbonyl (C=O) groups is 2. The second-order valence-electron chi connectivity index (χ2n) is 5.78. The topological polar surface area (TPSA) is 86.6 Å². The third kappa shape index (κ3) is 3.72. The van der Waals surface area contributed by atoms with Gasteiger partial charge in [-0.05, 0) is 23.3 Å². The number of aromatic hydroxyl groups is 1. The fourth-order valence-corrected chi connectivity index (χ4v) is 2.79. The molecule has 0 aliphatic heterocycles. The van der Waals surface area contributed by atoms with Gasteiger partial charge in [-0.2, -0.15) is 0 Å². The Balaban J connectivity index is 1.92. The lowest BCUT2D eigenvalue weighted by Crippen LogP contribution is -2.22. The predicted molar refractivity (Wildman–Crippen MR) is 98.4 cm³/mol. The molecule has 0 aliphatic carbocycles. The van der Waals surface area contributed by atoms with Gasteiger partial charge in [0, 0.05) is 11.8 Å². The normalized spacial score (nSPS) is 10.5. The van der Waals surface area contributed by atoms with Crippen molar-refractivity contribution in [3.05, 3.63) is 95.6 Å². The number of aromatic carboxylic acids is 1. The number of anilines is 1. The molecule has 0 atom stereocenters. The van der Waals surface area contributed by atoms with Crippen molar-refractivity contribution in [3.63, 3.8) is 0 Å². The Labute approximate surface area is 150 Å². The van der Waals surface area contributed by atoms with Crippen LogP contribution in [0.5, 0.6) is 5.75 Å². The van der Waals surface area contributed by atoms with Crippen LogP contribution in [0.4, 0.5) is 5.69 Å². The van der Waals surface area contributed by atoms with E-state index in [1.807, 2.05) is 60.7 Å². The summed E-state index contributed by atoms with van der Waals surface area (Å²) in [4.78, 5) is 23.9. The Hall–Kier alpha value is -3.60. The van der Waals surface area contributed by atoms with Gasteiger partial charge in [-0.15, -0.1) is 0 Å². The molecular formula is C21H17NO4. The number of rotatable bonds is 5. The zero-order valence-electron chi connectivity index (χ0n) is 13.8. The van der Waals surface area contributed by atoms with Crippen molar-refractivity contribution in [2.75, 3.05) is 5.32 Å². The van der Waals surface area contributed by atoms with Gasteiger partial charge in [0.15, 0.2) is 0 Å². The Kier molecular flexibility index (Phi) is 4.99. The van der Waals surface area contributed by atoms with Crippen LogP contribution in [-0.4, -0.2) is 22.1 Å². The molecule has 0 spiro atoms. The zero-order valence-corrected chi connectivity index (χ0v) is 13.8. The Bertz CT molecular complexity index is 884. The third-order valence-corrected chi connectivity index (χ3v) is 4.02. The Morgan fingerprint density at radius 3 is 1.81 bits per heavy atom. The number of nitrogens with one attached hydrogen (secondary N) is 1. The molecule has 0 aliphatic rings. The first-order valence-corrected chi connectivity index (χ1v) is 8.03. The molecule has 3 aromatic carbocycles. The molecule has 0 heterocycles. The molecule has 26 heavy (non-hydrogen) atoms. The van der Waals surface area contributed by atoms with Crippen molar-refractivity contribution in [3.8, 4) is 5.75 Å². The highest BCUT2D eigenvalue weighted by molar-refractivity contribution is 5.99. The van der Waals surface area contributed by atoms with Gasteiger partial charge in [-0.1, -0.05) is 60.7 Å². The van der Waals surface area contributed by atoms with E-state index in [0.29, 0.717) is 5.69 Å². The monoisotopic (exact) mass is 347 g/mol. The summed E-state index contributed by atoms with van der Waals surface area (Å²) in [6.45, 7) is 0. The van der Waals surface area contributed by atoms with E-state index < -0.39 is 17.6 Å². The Morgan fingerprint density at radius 2 is 1.35 bits per heavy atom. The van der Waals surface area contributed by atoms with Gasteiger partial charge >= 0.3 is 5.97 Å². The number of benzene rings is 3. The predicted octanol–water partition coefficient (Wildman–Crippen LogP) is 3.86. The van der Waals surface area contributed by atoms with Crippen LogP contribution in [0.15, 0.2) is 78.9 Å². The van der Waals surface area contributed by atoms with Crippen molar-refractivity contribution < 1.29 is 19.8 Å². The van der Waals surface area contributed by atoms with E-state index in [2.05, 4.69) is 5.32 Å². The van der Waals surface area contributed by atoms with Crippen LogP contribution in [0.3, 0.4) is 0 Å². The van der Waals surface area contributed by atoms with Gasteiger partial charge in [0.05, 0.1) is 5.92 Å². The minimum absolute atomic E-state index is 0.217. The Morgan fingerprint density at radius 1 is 0.808 bits per heavy atom. The molecule has 0 radical (unpaired) electrons. The summed E-state index contributed by atoms with van der Waals surface area (Å²) in [5.41, 5.74) is 1.78.